The Balaban J connectivity index is 2.49. The van der Waals surface area contributed by atoms with Crippen LogP contribution >= 0.6 is 12.2 Å². The van der Waals surface area contributed by atoms with Crippen molar-refractivity contribution in [3.8, 4) is 0 Å². The lowest BCUT2D eigenvalue weighted by Gasteiger charge is -2.32. The van der Waals surface area contributed by atoms with Crippen LogP contribution in [0.15, 0.2) is 0 Å². The zero-order chi connectivity index (χ0) is 12.3. The highest BCUT2D eigenvalue weighted by atomic mass is 32.1. The van der Waals surface area contributed by atoms with Gasteiger partial charge in [0.25, 0.3) is 0 Å². The third-order valence-electron chi connectivity index (χ3n) is 2.61. The fraction of sp³-hybridized carbons (Fsp3) is 0.818. The fourth-order valence-corrected chi connectivity index (χ4v) is 1.70. The molecule has 0 bridgehead atoms. The Labute approximate surface area is 102 Å². The molecular weight excluding hydrogens is 224 g/mol. The number of rotatable bonds is 2. The van der Waals surface area contributed by atoms with E-state index in [-0.39, 0.29) is 11.9 Å². The van der Waals surface area contributed by atoms with Gasteiger partial charge in [-0.05, 0) is 33.6 Å². The van der Waals surface area contributed by atoms with Crippen LogP contribution in [0.3, 0.4) is 0 Å². The minimum Gasteiger partial charge on any atom is -0.393 e. The third kappa shape index (κ3) is 3.72. The van der Waals surface area contributed by atoms with E-state index in [2.05, 4.69) is 0 Å². The zero-order valence-corrected chi connectivity index (χ0v) is 11.0. The van der Waals surface area contributed by atoms with Crippen LogP contribution in [0, 0.1) is 11.3 Å². The maximum absolute atomic E-state index is 11.7. The summed E-state index contributed by atoms with van der Waals surface area (Å²) in [4.78, 5) is 17.5. The summed E-state index contributed by atoms with van der Waals surface area (Å²) in [6.45, 7) is 6.90. The molecule has 0 amide bonds. The lowest BCUT2D eigenvalue weighted by atomic mass is 9.97. The Morgan fingerprint density at radius 1 is 1.50 bits per heavy atom. The molecule has 1 heterocycles. The van der Waals surface area contributed by atoms with E-state index in [0.29, 0.717) is 11.5 Å². The second-order valence-electron chi connectivity index (χ2n) is 5.26. The SMILES string of the molecule is CC(C)(C)C(=O)ON1CCCC(C(N)=S)C1. The van der Waals surface area contributed by atoms with E-state index in [1.54, 1.807) is 5.06 Å². The monoisotopic (exact) mass is 244 g/mol. The molecule has 1 aliphatic rings. The van der Waals surface area contributed by atoms with Gasteiger partial charge in [-0.1, -0.05) is 12.2 Å². The molecule has 0 saturated carbocycles. The molecule has 5 heteroatoms. The molecule has 1 unspecified atom stereocenters. The molecule has 92 valence electrons. The molecule has 1 saturated heterocycles. The molecule has 0 aromatic rings. The van der Waals surface area contributed by atoms with Gasteiger partial charge in [0.1, 0.15) is 0 Å². The molecule has 0 spiro atoms. The number of carbonyl (C=O) groups excluding carboxylic acids is 1. The lowest BCUT2D eigenvalue weighted by molar-refractivity contribution is -0.205. The second-order valence-corrected chi connectivity index (χ2v) is 5.73. The summed E-state index contributed by atoms with van der Waals surface area (Å²) in [5.74, 6) is -0.0485. The third-order valence-corrected chi connectivity index (χ3v) is 2.94. The van der Waals surface area contributed by atoms with Gasteiger partial charge in [0.2, 0.25) is 0 Å². The molecule has 0 aliphatic carbocycles. The van der Waals surface area contributed by atoms with Gasteiger partial charge in [-0.15, -0.1) is 5.06 Å². The molecule has 0 aromatic heterocycles. The first-order valence-electron chi connectivity index (χ1n) is 5.57. The molecule has 4 nitrogen and oxygen atoms in total. The van der Waals surface area contributed by atoms with Crippen molar-refractivity contribution >= 4 is 23.2 Å². The van der Waals surface area contributed by atoms with Crippen molar-refractivity contribution in [2.24, 2.45) is 17.1 Å². The molecule has 16 heavy (non-hydrogen) atoms. The Hall–Kier alpha value is -0.680. The number of hydrogen-bond acceptors (Lipinski definition) is 4. The van der Waals surface area contributed by atoms with E-state index in [0.717, 1.165) is 19.4 Å². The first-order valence-corrected chi connectivity index (χ1v) is 5.98. The number of hydroxylamine groups is 2. The van der Waals surface area contributed by atoms with Crippen molar-refractivity contribution < 1.29 is 9.63 Å². The fourth-order valence-electron chi connectivity index (χ4n) is 1.51. The Morgan fingerprint density at radius 3 is 2.62 bits per heavy atom. The van der Waals surface area contributed by atoms with Gasteiger partial charge in [-0.25, -0.2) is 4.79 Å². The summed E-state index contributed by atoms with van der Waals surface area (Å²) in [6.07, 6.45) is 1.94. The number of nitrogens with two attached hydrogens (primary N) is 1. The van der Waals surface area contributed by atoms with Gasteiger partial charge in [-0.3, -0.25) is 0 Å². The number of carbonyl (C=O) groups is 1. The molecule has 1 aliphatic heterocycles. The number of thiocarbonyl (C=S) groups is 1. The summed E-state index contributed by atoms with van der Waals surface area (Å²) in [5, 5.41) is 1.68. The Bertz CT molecular complexity index is 286. The topological polar surface area (TPSA) is 55.6 Å². The summed E-state index contributed by atoms with van der Waals surface area (Å²) >= 11 is 4.97. The van der Waals surface area contributed by atoms with Crippen LogP contribution in [0.2, 0.25) is 0 Å². The van der Waals surface area contributed by atoms with Gasteiger partial charge in [0, 0.05) is 19.0 Å². The van der Waals surface area contributed by atoms with Gasteiger partial charge < -0.3 is 10.6 Å². The maximum Gasteiger partial charge on any atom is 0.330 e. The van der Waals surface area contributed by atoms with Crippen molar-refractivity contribution in [1.29, 1.82) is 0 Å². The van der Waals surface area contributed by atoms with Crippen LogP contribution < -0.4 is 5.73 Å². The van der Waals surface area contributed by atoms with Crippen LogP contribution in [-0.2, 0) is 9.63 Å². The number of piperidine rings is 1. The number of hydrogen-bond donors (Lipinski definition) is 1. The van der Waals surface area contributed by atoms with Gasteiger partial charge in [-0.2, -0.15) is 0 Å². The average molecular weight is 244 g/mol. The summed E-state index contributed by atoms with van der Waals surface area (Å²) < 4.78 is 0. The molecule has 1 fully saturated rings. The quantitative estimate of drug-likeness (QED) is 0.746. The van der Waals surface area contributed by atoms with Crippen molar-refractivity contribution in [1.82, 2.24) is 5.06 Å². The molecule has 0 aromatic carbocycles. The second kappa shape index (κ2) is 5.10. The van der Waals surface area contributed by atoms with Crippen LogP contribution in [-0.4, -0.2) is 29.1 Å². The first kappa shape index (κ1) is 13.4. The van der Waals surface area contributed by atoms with Crippen LogP contribution in [0.1, 0.15) is 33.6 Å². The van der Waals surface area contributed by atoms with Crippen molar-refractivity contribution in [3.63, 3.8) is 0 Å². The minimum absolute atomic E-state index is 0.163. The normalized spacial score (nSPS) is 22.8. The van der Waals surface area contributed by atoms with E-state index >= 15 is 0 Å². The van der Waals surface area contributed by atoms with Crippen molar-refractivity contribution in [3.05, 3.63) is 0 Å². The highest BCUT2D eigenvalue weighted by Gasteiger charge is 2.29. The van der Waals surface area contributed by atoms with E-state index in [9.17, 15) is 4.79 Å². The van der Waals surface area contributed by atoms with Crippen LogP contribution in [0.25, 0.3) is 0 Å². The first-order chi connectivity index (χ1) is 7.30. The van der Waals surface area contributed by atoms with Crippen molar-refractivity contribution in [2.75, 3.05) is 13.1 Å². The zero-order valence-electron chi connectivity index (χ0n) is 10.2. The lowest BCUT2D eigenvalue weighted by Crippen LogP contribution is -2.43. The molecule has 1 atom stereocenters. The summed E-state index contributed by atoms with van der Waals surface area (Å²) in [6, 6.07) is 0. The summed E-state index contributed by atoms with van der Waals surface area (Å²) in [7, 11) is 0. The number of nitrogens with zero attached hydrogens (tertiary/aromatic N) is 1. The van der Waals surface area contributed by atoms with Gasteiger partial charge in [0.15, 0.2) is 0 Å². The average Bonchev–Trinajstić information content (AvgIpc) is 2.16. The van der Waals surface area contributed by atoms with E-state index in [1.165, 1.54) is 0 Å². The highest BCUT2D eigenvalue weighted by Crippen LogP contribution is 2.21. The smallest absolute Gasteiger partial charge is 0.330 e. The molecular formula is C11H20N2O2S. The van der Waals surface area contributed by atoms with Crippen LogP contribution in [0.4, 0.5) is 0 Å². The van der Waals surface area contributed by atoms with E-state index < -0.39 is 5.41 Å². The Kier molecular flexibility index (Phi) is 4.27. The summed E-state index contributed by atoms with van der Waals surface area (Å²) in [5.41, 5.74) is 5.13. The largest absolute Gasteiger partial charge is 0.393 e. The minimum atomic E-state index is -0.476. The predicted molar refractivity (Wildman–Crippen MR) is 66.6 cm³/mol. The van der Waals surface area contributed by atoms with Crippen molar-refractivity contribution in [2.45, 2.75) is 33.6 Å². The van der Waals surface area contributed by atoms with E-state index in [4.69, 9.17) is 22.8 Å². The van der Waals surface area contributed by atoms with E-state index in [1.807, 2.05) is 20.8 Å². The molecule has 0 radical (unpaired) electrons. The maximum atomic E-state index is 11.7. The Morgan fingerprint density at radius 2 is 2.12 bits per heavy atom. The molecule has 2 N–H and O–H groups in total. The molecule has 1 rings (SSSR count). The van der Waals surface area contributed by atoms with Gasteiger partial charge >= 0.3 is 5.97 Å². The predicted octanol–water partition coefficient (Wildman–Crippen LogP) is 1.49. The highest BCUT2D eigenvalue weighted by molar-refractivity contribution is 7.80. The standard InChI is InChI=1S/C11H20N2O2S/c1-11(2,3)10(14)15-13-6-4-5-8(7-13)9(12)16/h8H,4-7H2,1-3H3,(H2,12,16). The van der Waals surface area contributed by atoms with Gasteiger partial charge in [0.05, 0.1) is 10.4 Å². The van der Waals surface area contributed by atoms with Crippen LogP contribution in [0.5, 0.6) is 0 Å².